The summed E-state index contributed by atoms with van der Waals surface area (Å²) >= 11 is 0. The van der Waals surface area contributed by atoms with Crippen LogP contribution in [0.1, 0.15) is 38.2 Å². The van der Waals surface area contributed by atoms with Crippen LogP contribution in [0.5, 0.6) is 5.75 Å². The zero-order valence-corrected chi connectivity index (χ0v) is 13.6. The van der Waals surface area contributed by atoms with Gasteiger partial charge in [-0.2, -0.15) is 0 Å². The zero-order valence-electron chi connectivity index (χ0n) is 12.8. The fourth-order valence-corrected chi connectivity index (χ4v) is 3.57. The minimum Gasteiger partial charge on any atom is -0.495 e. The number of rotatable bonds is 6. The van der Waals surface area contributed by atoms with Crippen LogP contribution in [-0.2, 0) is 14.8 Å². The molecule has 118 valence electrons. The van der Waals surface area contributed by atoms with Crippen LogP contribution in [0.2, 0.25) is 0 Å². The van der Waals surface area contributed by atoms with E-state index in [9.17, 15) is 8.42 Å². The van der Waals surface area contributed by atoms with Crippen molar-refractivity contribution in [2.45, 2.75) is 43.6 Å². The Morgan fingerprint density at radius 3 is 2.76 bits per heavy atom. The predicted octanol–water partition coefficient (Wildman–Crippen LogP) is 2.28. The molecule has 0 amide bonds. The largest absolute Gasteiger partial charge is 0.495 e. The van der Waals surface area contributed by atoms with Gasteiger partial charge in [-0.25, -0.2) is 13.1 Å². The average molecular weight is 313 g/mol. The number of sulfonamides is 1. The number of hydrogen-bond donors (Lipinski definition) is 1. The molecule has 1 aliphatic rings. The summed E-state index contributed by atoms with van der Waals surface area (Å²) in [6.45, 7) is 5.12. The SMILES string of the molecule is COc1cc(C(C)C)ccc1S(=O)(=O)NCC1CCCO1. The number of methoxy groups -OCH3 is 1. The van der Waals surface area contributed by atoms with Crippen LogP contribution in [0.3, 0.4) is 0 Å². The van der Waals surface area contributed by atoms with Gasteiger partial charge in [0.15, 0.2) is 0 Å². The molecule has 0 aliphatic carbocycles. The zero-order chi connectivity index (χ0) is 15.5. The van der Waals surface area contributed by atoms with Crippen molar-refractivity contribution >= 4 is 10.0 Å². The second-order valence-electron chi connectivity index (χ2n) is 5.55. The van der Waals surface area contributed by atoms with Crippen LogP contribution in [0.15, 0.2) is 23.1 Å². The molecule has 1 aromatic carbocycles. The maximum Gasteiger partial charge on any atom is 0.244 e. The summed E-state index contributed by atoms with van der Waals surface area (Å²) in [7, 11) is -2.10. The molecular weight excluding hydrogens is 290 g/mol. The number of ether oxygens (including phenoxy) is 2. The summed E-state index contributed by atoms with van der Waals surface area (Å²) in [6, 6.07) is 5.21. The van der Waals surface area contributed by atoms with Gasteiger partial charge in [-0.15, -0.1) is 0 Å². The number of nitrogens with one attached hydrogen (secondary N) is 1. The molecule has 0 bridgehead atoms. The lowest BCUT2D eigenvalue weighted by atomic mass is 10.0. The van der Waals surface area contributed by atoms with Crippen molar-refractivity contribution < 1.29 is 17.9 Å². The molecule has 0 aromatic heterocycles. The molecule has 1 aliphatic heterocycles. The van der Waals surface area contributed by atoms with E-state index in [1.807, 2.05) is 6.07 Å². The molecule has 1 saturated heterocycles. The molecule has 1 aromatic rings. The molecular formula is C15H23NO4S. The first-order valence-electron chi connectivity index (χ1n) is 7.23. The lowest BCUT2D eigenvalue weighted by Gasteiger charge is -2.15. The van der Waals surface area contributed by atoms with E-state index in [0.29, 0.717) is 24.8 Å². The van der Waals surface area contributed by atoms with E-state index in [2.05, 4.69) is 18.6 Å². The molecule has 1 atom stereocenters. The van der Waals surface area contributed by atoms with Crippen LogP contribution >= 0.6 is 0 Å². The molecule has 1 N–H and O–H groups in total. The lowest BCUT2D eigenvalue weighted by Crippen LogP contribution is -2.32. The van der Waals surface area contributed by atoms with E-state index in [1.165, 1.54) is 7.11 Å². The van der Waals surface area contributed by atoms with E-state index < -0.39 is 10.0 Å². The van der Waals surface area contributed by atoms with Crippen molar-refractivity contribution in [2.24, 2.45) is 0 Å². The minimum atomic E-state index is -3.59. The van der Waals surface area contributed by atoms with E-state index in [0.717, 1.165) is 18.4 Å². The van der Waals surface area contributed by atoms with Crippen LogP contribution in [-0.4, -0.2) is 34.8 Å². The highest BCUT2D eigenvalue weighted by molar-refractivity contribution is 7.89. The molecule has 1 heterocycles. The van der Waals surface area contributed by atoms with Gasteiger partial charge in [-0.05, 0) is 36.5 Å². The fourth-order valence-electron chi connectivity index (χ4n) is 2.35. The van der Waals surface area contributed by atoms with Crippen LogP contribution in [0.25, 0.3) is 0 Å². The molecule has 0 saturated carbocycles. The first kappa shape index (κ1) is 16.3. The highest BCUT2D eigenvalue weighted by Crippen LogP contribution is 2.28. The van der Waals surface area contributed by atoms with Gasteiger partial charge in [0.05, 0.1) is 13.2 Å². The highest BCUT2D eigenvalue weighted by Gasteiger charge is 2.23. The van der Waals surface area contributed by atoms with E-state index in [1.54, 1.807) is 12.1 Å². The van der Waals surface area contributed by atoms with Gasteiger partial charge in [0.2, 0.25) is 10.0 Å². The molecule has 2 rings (SSSR count). The third-order valence-electron chi connectivity index (χ3n) is 3.67. The maximum atomic E-state index is 12.4. The topological polar surface area (TPSA) is 64.6 Å². The van der Waals surface area contributed by atoms with Crippen molar-refractivity contribution in [2.75, 3.05) is 20.3 Å². The van der Waals surface area contributed by atoms with E-state index >= 15 is 0 Å². The monoisotopic (exact) mass is 313 g/mol. The normalized spacial score (nSPS) is 19.1. The van der Waals surface area contributed by atoms with Crippen LogP contribution in [0.4, 0.5) is 0 Å². The highest BCUT2D eigenvalue weighted by atomic mass is 32.2. The average Bonchev–Trinajstić information content (AvgIpc) is 2.97. The van der Waals surface area contributed by atoms with Crippen LogP contribution in [0, 0.1) is 0 Å². The third-order valence-corrected chi connectivity index (χ3v) is 5.13. The predicted molar refractivity (Wildman–Crippen MR) is 81.2 cm³/mol. The first-order chi connectivity index (χ1) is 9.94. The Bertz CT molecular complexity index is 577. The van der Waals surface area contributed by atoms with Gasteiger partial charge in [-0.3, -0.25) is 0 Å². The van der Waals surface area contributed by atoms with E-state index in [-0.39, 0.29) is 11.0 Å². The molecule has 21 heavy (non-hydrogen) atoms. The summed E-state index contributed by atoms with van der Waals surface area (Å²) in [5.74, 6) is 0.691. The summed E-state index contributed by atoms with van der Waals surface area (Å²) < 4.78 is 38.1. The number of benzene rings is 1. The molecule has 5 nitrogen and oxygen atoms in total. The Labute approximate surface area is 126 Å². The van der Waals surface area contributed by atoms with Crippen molar-refractivity contribution in [1.29, 1.82) is 0 Å². The fraction of sp³-hybridized carbons (Fsp3) is 0.600. The van der Waals surface area contributed by atoms with Crippen molar-refractivity contribution in [1.82, 2.24) is 4.72 Å². The van der Waals surface area contributed by atoms with Crippen LogP contribution < -0.4 is 9.46 Å². The Hall–Kier alpha value is -1.11. The third kappa shape index (κ3) is 3.96. The summed E-state index contributed by atoms with van der Waals surface area (Å²) in [5.41, 5.74) is 1.05. The molecule has 0 radical (unpaired) electrons. The number of hydrogen-bond acceptors (Lipinski definition) is 4. The van der Waals surface area contributed by atoms with Crippen molar-refractivity contribution in [3.63, 3.8) is 0 Å². The van der Waals surface area contributed by atoms with Gasteiger partial charge in [0.25, 0.3) is 0 Å². The first-order valence-corrected chi connectivity index (χ1v) is 8.71. The maximum absolute atomic E-state index is 12.4. The lowest BCUT2D eigenvalue weighted by molar-refractivity contribution is 0.114. The summed E-state index contributed by atoms with van der Waals surface area (Å²) in [4.78, 5) is 0.174. The van der Waals surface area contributed by atoms with Crippen molar-refractivity contribution in [3.05, 3.63) is 23.8 Å². The molecule has 0 spiro atoms. The second-order valence-corrected chi connectivity index (χ2v) is 7.29. The summed E-state index contributed by atoms with van der Waals surface area (Å²) in [6.07, 6.45) is 1.85. The van der Waals surface area contributed by atoms with Gasteiger partial charge in [-0.1, -0.05) is 19.9 Å². The van der Waals surface area contributed by atoms with E-state index in [4.69, 9.17) is 9.47 Å². The Morgan fingerprint density at radius 1 is 1.43 bits per heavy atom. The van der Waals surface area contributed by atoms with Crippen molar-refractivity contribution in [3.8, 4) is 5.75 Å². The van der Waals surface area contributed by atoms with Gasteiger partial charge >= 0.3 is 0 Å². The Kier molecular flexibility index (Phi) is 5.24. The minimum absolute atomic E-state index is 0.0271. The Morgan fingerprint density at radius 2 is 2.19 bits per heavy atom. The standard InChI is InChI=1S/C15H23NO4S/c1-11(2)12-6-7-15(14(9-12)19-3)21(17,18)16-10-13-5-4-8-20-13/h6-7,9,11,13,16H,4-5,8,10H2,1-3H3. The Balaban J connectivity index is 2.18. The summed E-state index contributed by atoms with van der Waals surface area (Å²) in [5, 5.41) is 0. The van der Waals surface area contributed by atoms with Gasteiger partial charge in [0.1, 0.15) is 10.6 Å². The quantitative estimate of drug-likeness (QED) is 0.875. The van der Waals surface area contributed by atoms with Gasteiger partial charge in [0, 0.05) is 13.2 Å². The molecule has 1 fully saturated rings. The molecule has 6 heteroatoms. The molecule has 1 unspecified atom stereocenters. The smallest absolute Gasteiger partial charge is 0.244 e. The second kappa shape index (κ2) is 6.77. The van der Waals surface area contributed by atoms with Gasteiger partial charge < -0.3 is 9.47 Å².